The van der Waals surface area contributed by atoms with Gasteiger partial charge in [-0.3, -0.25) is 4.98 Å². The Bertz CT molecular complexity index is 590. The zero-order valence-corrected chi connectivity index (χ0v) is 11.4. The maximum atomic E-state index is 13.5. The lowest BCUT2D eigenvalue weighted by molar-refractivity contribution is 0.402. The van der Waals surface area contributed by atoms with Crippen LogP contribution in [0.5, 0.6) is 5.75 Å². The van der Waals surface area contributed by atoms with Gasteiger partial charge in [0.25, 0.3) is 0 Å². The number of methoxy groups -OCH3 is 1. The van der Waals surface area contributed by atoms with Crippen LogP contribution in [0.4, 0.5) is 8.78 Å². The van der Waals surface area contributed by atoms with Crippen molar-refractivity contribution in [2.24, 2.45) is 0 Å². The zero-order chi connectivity index (χ0) is 14.5. The van der Waals surface area contributed by atoms with Crippen molar-refractivity contribution in [2.75, 3.05) is 13.7 Å². The molecule has 2 rings (SSSR count). The van der Waals surface area contributed by atoms with Gasteiger partial charge in [-0.2, -0.15) is 0 Å². The normalized spacial score (nSPS) is 12.2. The molecule has 20 heavy (non-hydrogen) atoms. The van der Waals surface area contributed by atoms with Crippen LogP contribution < -0.4 is 10.1 Å². The highest BCUT2D eigenvalue weighted by Gasteiger charge is 2.19. The Morgan fingerprint density at radius 2 is 2.00 bits per heavy atom. The van der Waals surface area contributed by atoms with Gasteiger partial charge in [0, 0.05) is 11.8 Å². The number of nitrogens with zero attached hydrogens (tertiary/aromatic N) is 1. The highest BCUT2D eigenvalue weighted by Crippen LogP contribution is 2.30. The molecule has 1 N–H and O–H groups in total. The summed E-state index contributed by atoms with van der Waals surface area (Å²) in [7, 11) is 1.52. The van der Waals surface area contributed by atoms with Gasteiger partial charge < -0.3 is 10.1 Å². The van der Waals surface area contributed by atoms with Crippen molar-refractivity contribution in [3.8, 4) is 5.75 Å². The number of halogens is 2. The van der Waals surface area contributed by atoms with Crippen LogP contribution >= 0.6 is 0 Å². The van der Waals surface area contributed by atoms with Crippen LogP contribution in [0.2, 0.25) is 0 Å². The van der Waals surface area contributed by atoms with E-state index in [9.17, 15) is 8.78 Å². The van der Waals surface area contributed by atoms with Crippen LogP contribution in [0, 0.1) is 11.6 Å². The average Bonchev–Trinajstić information content (AvgIpc) is 2.44. The largest absolute Gasteiger partial charge is 0.496 e. The van der Waals surface area contributed by atoms with Gasteiger partial charge in [0.05, 0.1) is 19.3 Å². The van der Waals surface area contributed by atoms with Crippen LogP contribution in [0.25, 0.3) is 0 Å². The van der Waals surface area contributed by atoms with Crippen molar-refractivity contribution < 1.29 is 13.5 Å². The van der Waals surface area contributed by atoms with Crippen LogP contribution in [-0.4, -0.2) is 18.6 Å². The zero-order valence-electron chi connectivity index (χ0n) is 11.4. The maximum absolute atomic E-state index is 13.5. The third-order valence-electron chi connectivity index (χ3n) is 2.97. The number of aromatic nitrogens is 1. The van der Waals surface area contributed by atoms with E-state index >= 15 is 0 Å². The Balaban J connectivity index is 2.50. The highest BCUT2D eigenvalue weighted by atomic mass is 19.1. The van der Waals surface area contributed by atoms with Gasteiger partial charge in [-0.15, -0.1) is 0 Å². The summed E-state index contributed by atoms with van der Waals surface area (Å²) in [5.74, 6) is -0.254. The standard InChI is InChI=1S/C15H16F2N2O/c1-3-19-15(10-6-12(17)9-18-8-10)13-7-11(16)4-5-14(13)20-2/h4-9,15,19H,3H2,1-2H3. The summed E-state index contributed by atoms with van der Waals surface area (Å²) in [5.41, 5.74) is 1.23. The third kappa shape index (κ3) is 3.11. The van der Waals surface area contributed by atoms with E-state index in [-0.39, 0.29) is 11.9 Å². The summed E-state index contributed by atoms with van der Waals surface area (Å²) in [6, 6.07) is 5.27. The molecule has 0 saturated heterocycles. The van der Waals surface area contributed by atoms with Crippen LogP contribution in [0.15, 0.2) is 36.7 Å². The minimum Gasteiger partial charge on any atom is -0.496 e. The van der Waals surface area contributed by atoms with Gasteiger partial charge in [0.2, 0.25) is 0 Å². The molecule has 2 aromatic rings. The SMILES string of the molecule is CCNC(c1cncc(F)c1)c1cc(F)ccc1OC. The molecule has 0 saturated carbocycles. The molecule has 3 nitrogen and oxygen atoms in total. The lowest BCUT2D eigenvalue weighted by Crippen LogP contribution is -2.23. The first kappa shape index (κ1) is 14.4. The van der Waals surface area contributed by atoms with Crippen molar-refractivity contribution in [1.82, 2.24) is 10.3 Å². The number of nitrogens with one attached hydrogen (secondary N) is 1. The molecular formula is C15H16F2N2O. The second kappa shape index (κ2) is 6.43. The average molecular weight is 278 g/mol. The topological polar surface area (TPSA) is 34.2 Å². The molecule has 106 valence electrons. The summed E-state index contributed by atoms with van der Waals surface area (Å²) in [4.78, 5) is 3.84. The monoisotopic (exact) mass is 278 g/mol. The first-order chi connectivity index (χ1) is 9.65. The van der Waals surface area contributed by atoms with Crippen molar-refractivity contribution in [2.45, 2.75) is 13.0 Å². The summed E-state index contributed by atoms with van der Waals surface area (Å²) in [5, 5.41) is 3.19. The van der Waals surface area contributed by atoms with Crippen molar-refractivity contribution in [3.63, 3.8) is 0 Å². The fourth-order valence-electron chi connectivity index (χ4n) is 2.13. The molecule has 0 fully saturated rings. The fourth-order valence-corrected chi connectivity index (χ4v) is 2.13. The van der Waals surface area contributed by atoms with Gasteiger partial charge in [-0.25, -0.2) is 8.78 Å². The number of rotatable bonds is 5. The predicted molar refractivity (Wildman–Crippen MR) is 72.7 cm³/mol. The molecule has 1 unspecified atom stereocenters. The number of benzene rings is 1. The molecule has 0 aliphatic heterocycles. The molecule has 0 aliphatic rings. The number of hydrogen-bond acceptors (Lipinski definition) is 3. The molecular weight excluding hydrogens is 262 g/mol. The summed E-state index contributed by atoms with van der Waals surface area (Å²) in [6.45, 7) is 2.56. The van der Waals surface area contributed by atoms with Gasteiger partial charge in [0.1, 0.15) is 17.4 Å². The first-order valence-corrected chi connectivity index (χ1v) is 6.33. The van der Waals surface area contributed by atoms with Crippen LogP contribution in [-0.2, 0) is 0 Å². The molecule has 0 bridgehead atoms. The van der Waals surface area contributed by atoms with Gasteiger partial charge in [-0.1, -0.05) is 6.92 Å². The Morgan fingerprint density at radius 1 is 1.20 bits per heavy atom. The van der Waals surface area contributed by atoms with E-state index in [1.54, 1.807) is 12.3 Å². The predicted octanol–water partition coefficient (Wildman–Crippen LogP) is 3.07. The molecule has 0 aliphatic carbocycles. The van der Waals surface area contributed by atoms with E-state index in [0.717, 1.165) is 6.20 Å². The minimum atomic E-state index is -0.430. The molecule has 5 heteroatoms. The van der Waals surface area contributed by atoms with E-state index < -0.39 is 5.82 Å². The van der Waals surface area contributed by atoms with Crippen molar-refractivity contribution in [1.29, 1.82) is 0 Å². The van der Waals surface area contributed by atoms with Crippen molar-refractivity contribution in [3.05, 3.63) is 59.4 Å². The maximum Gasteiger partial charge on any atom is 0.141 e. The molecule has 1 atom stereocenters. The van der Waals surface area contributed by atoms with Gasteiger partial charge >= 0.3 is 0 Å². The van der Waals surface area contributed by atoms with E-state index in [4.69, 9.17) is 4.74 Å². The van der Waals surface area contributed by atoms with Crippen LogP contribution in [0.1, 0.15) is 24.1 Å². The fraction of sp³-hybridized carbons (Fsp3) is 0.267. The smallest absolute Gasteiger partial charge is 0.141 e. The Kier molecular flexibility index (Phi) is 4.63. The lowest BCUT2D eigenvalue weighted by Gasteiger charge is -2.21. The molecule has 1 aromatic heterocycles. The number of ether oxygens (including phenoxy) is 1. The van der Waals surface area contributed by atoms with E-state index in [1.807, 2.05) is 6.92 Å². The van der Waals surface area contributed by atoms with Crippen LogP contribution in [0.3, 0.4) is 0 Å². The second-order valence-corrected chi connectivity index (χ2v) is 4.31. The molecule has 0 radical (unpaired) electrons. The summed E-state index contributed by atoms with van der Waals surface area (Å²) >= 11 is 0. The number of pyridine rings is 1. The molecule has 0 amide bonds. The quantitative estimate of drug-likeness (QED) is 0.912. The lowest BCUT2D eigenvalue weighted by atomic mass is 9.99. The van der Waals surface area contributed by atoms with Gasteiger partial charge in [-0.05, 0) is 36.4 Å². The molecule has 1 aromatic carbocycles. The van der Waals surface area contributed by atoms with Gasteiger partial charge in [0.15, 0.2) is 0 Å². The van der Waals surface area contributed by atoms with Crippen molar-refractivity contribution >= 4 is 0 Å². The molecule has 1 heterocycles. The minimum absolute atomic E-state index is 0.368. The van der Waals surface area contributed by atoms with E-state index in [0.29, 0.717) is 23.4 Å². The first-order valence-electron chi connectivity index (χ1n) is 6.33. The summed E-state index contributed by atoms with van der Waals surface area (Å²) < 4.78 is 32.1. The Morgan fingerprint density at radius 3 is 2.65 bits per heavy atom. The Labute approximate surface area is 116 Å². The van der Waals surface area contributed by atoms with E-state index in [1.165, 1.54) is 25.3 Å². The highest BCUT2D eigenvalue weighted by molar-refractivity contribution is 5.41. The number of hydrogen-bond donors (Lipinski definition) is 1. The second-order valence-electron chi connectivity index (χ2n) is 4.31. The Hall–Kier alpha value is -2.01. The molecule has 0 spiro atoms. The summed E-state index contributed by atoms with van der Waals surface area (Å²) in [6.07, 6.45) is 2.69. The van der Waals surface area contributed by atoms with E-state index in [2.05, 4.69) is 10.3 Å². The third-order valence-corrected chi connectivity index (χ3v) is 2.97.